The van der Waals surface area contributed by atoms with Gasteiger partial charge in [0.2, 0.25) is 5.91 Å². The van der Waals surface area contributed by atoms with E-state index < -0.39 is 23.8 Å². The minimum Gasteiger partial charge on any atom is -0.465 e. The number of carbonyl (C=O) groups is 3. The van der Waals surface area contributed by atoms with Crippen LogP contribution in [0.25, 0.3) is 0 Å². The van der Waals surface area contributed by atoms with Crippen molar-refractivity contribution < 1.29 is 24.2 Å². The predicted octanol–water partition coefficient (Wildman–Crippen LogP) is 0.00240. The van der Waals surface area contributed by atoms with E-state index >= 15 is 0 Å². The molecule has 0 aliphatic carbocycles. The number of rotatable bonds is 8. The first-order valence-electron chi connectivity index (χ1n) is 7.06. The molecular weight excluding hydrogens is 292 g/mol. The zero-order valence-corrected chi connectivity index (χ0v) is 13.3. The Hall–Kier alpha value is -2.03. The molecular formula is C13H26N4O5. The third-order valence-electron chi connectivity index (χ3n) is 2.35. The predicted molar refractivity (Wildman–Crippen MR) is 80.5 cm³/mol. The number of nitrogens with two attached hydrogens (primary N) is 1. The molecule has 9 nitrogen and oxygen atoms in total. The molecule has 9 heteroatoms. The van der Waals surface area contributed by atoms with E-state index in [2.05, 4.69) is 16.0 Å². The van der Waals surface area contributed by atoms with Crippen LogP contribution in [0.5, 0.6) is 0 Å². The second-order valence-electron chi connectivity index (χ2n) is 5.76. The van der Waals surface area contributed by atoms with Crippen molar-refractivity contribution in [2.45, 2.75) is 45.3 Å². The summed E-state index contributed by atoms with van der Waals surface area (Å²) in [6, 6.07) is -0.425. The number of nitrogens with one attached hydrogen (secondary N) is 3. The van der Waals surface area contributed by atoms with Crippen LogP contribution in [-0.2, 0) is 9.53 Å². The van der Waals surface area contributed by atoms with Gasteiger partial charge in [-0.15, -0.1) is 0 Å². The van der Waals surface area contributed by atoms with Gasteiger partial charge in [-0.05, 0) is 27.2 Å². The van der Waals surface area contributed by atoms with Gasteiger partial charge in [0, 0.05) is 32.1 Å². The zero-order chi connectivity index (χ0) is 17.2. The van der Waals surface area contributed by atoms with Crippen LogP contribution in [-0.4, -0.2) is 54.5 Å². The first kappa shape index (κ1) is 20.0. The molecule has 0 bridgehead atoms. The number of alkyl carbamates (subject to hydrolysis) is 1. The maximum absolute atomic E-state index is 11.6. The Morgan fingerprint density at radius 3 is 2.23 bits per heavy atom. The molecule has 128 valence electrons. The molecule has 0 fully saturated rings. The summed E-state index contributed by atoms with van der Waals surface area (Å²) in [4.78, 5) is 33.1. The second kappa shape index (κ2) is 9.82. The van der Waals surface area contributed by atoms with Crippen LogP contribution in [0.2, 0.25) is 0 Å². The third-order valence-corrected chi connectivity index (χ3v) is 2.35. The Morgan fingerprint density at radius 1 is 1.09 bits per heavy atom. The Bertz CT molecular complexity index is 381. The Morgan fingerprint density at radius 2 is 1.68 bits per heavy atom. The van der Waals surface area contributed by atoms with Gasteiger partial charge in [0.25, 0.3) is 0 Å². The highest BCUT2D eigenvalue weighted by molar-refractivity contribution is 5.76. The summed E-state index contributed by atoms with van der Waals surface area (Å²) in [5, 5.41) is 15.7. The van der Waals surface area contributed by atoms with Crippen LogP contribution < -0.4 is 21.7 Å². The van der Waals surface area contributed by atoms with Crippen molar-refractivity contribution in [2.24, 2.45) is 5.73 Å². The summed E-state index contributed by atoms with van der Waals surface area (Å²) in [6.07, 6.45) is -1.20. The highest BCUT2D eigenvalue weighted by atomic mass is 16.6. The van der Waals surface area contributed by atoms with Gasteiger partial charge in [0.15, 0.2) is 0 Å². The van der Waals surface area contributed by atoms with E-state index in [1.165, 1.54) is 0 Å². The van der Waals surface area contributed by atoms with Crippen LogP contribution >= 0.6 is 0 Å². The molecule has 0 rings (SSSR count). The molecule has 0 aromatic heterocycles. The largest absolute Gasteiger partial charge is 0.465 e. The average molecular weight is 318 g/mol. The molecule has 1 atom stereocenters. The fraction of sp³-hybridized carbons (Fsp3) is 0.769. The number of amides is 3. The van der Waals surface area contributed by atoms with Gasteiger partial charge in [-0.25, -0.2) is 9.59 Å². The van der Waals surface area contributed by atoms with E-state index in [1.807, 2.05) is 0 Å². The Balaban J connectivity index is 3.69. The summed E-state index contributed by atoms with van der Waals surface area (Å²) in [5.74, 6) is -0.256. The van der Waals surface area contributed by atoms with Gasteiger partial charge in [-0.3, -0.25) is 4.79 Å². The molecule has 22 heavy (non-hydrogen) atoms. The lowest BCUT2D eigenvalue weighted by molar-refractivity contribution is -0.121. The zero-order valence-electron chi connectivity index (χ0n) is 13.3. The van der Waals surface area contributed by atoms with Crippen molar-refractivity contribution in [3.8, 4) is 0 Å². The number of carboxylic acid groups (broad SMARTS) is 1. The van der Waals surface area contributed by atoms with E-state index in [-0.39, 0.29) is 32.0 Å². The molecule has 0 spiro atoms. The minimum absolute atomic E-state index is 0.0910. The SMILES string of the molecule is CC(C)(C)OC(=O)NCCNC(=O)CC(N)CCNC(=O)O. The van der Waals surface area contributed by atoms with E-state index in [9.17, 15) is 14.4 Å². The summed E-state index contributed by atoms with van der Waals surface area (Å²) in [7, 11) is 0. The molecule has 0 aromatic carbocycles. The number of hydrogen-bond acceptors (Lipinski definition) is 5. The normalized spacial score (nSPS) is 12.2. The molecule has 0 aromatic rings. The molecule has 6 N–H and O–H groups in total. The topological polar surface area (TPSA) is 143 Å². The van der Waals surface area contributed by atoms with Crippen molar-refractivity contribution in [2.75, 3.05) is 19.6 Å². The first-order valence-corrected chi connectivity index (χ1v) is 7.06. The summed E-state index contributed by atoms with van der Waals surface area (Å²) < 4.78 is 5.04. The van der Waals surface area contributed by atoms with Gasteiger partial charge in [-0.2, -0.15) is 0 Å². The van der Waals surface area contributed by atoms with Crippen LogP contribution in [0, 0.1) is 0 Å². The standard InChI is InChI=1S/C13H26N4O5/c1-13(2,3)22-12(21)17-7-6-15-10(18)8-9(14)4-5-16-11(19)20/h9,16H,4-8,14H2,1-3H3,(H,15,18)(H,17,21)(H,19,20). The van der Waals surface area contributed by atoms with Crippen molar-refractivity contribution in [3.63, 3.8) is 0 Å². The molecule has 1 unspecified atom stereocenters. The highest BCUT2D eigenvalue weighted by Crippen LogP contribution is 2.05. The minimum atomic E-state index is -1.12. The highest BCUT2D eigenvalue weighted by Gasteiger charge is 2.15. The fourth-order valence-corrected chi connectivity index (χ4v) is 1.46. The maximum Gasteiger partial charge on any atom is 0.407 e. The van der Waals surface area contributed by atoms with Crippen LogP contribution in [0.4, 0.5) is 9.59 Å². The van der Waals surface area contributed by atoms with Crippen LogP contribution in [0.15, 0.2) is 0 Å². The van der Waals surface area contributed by atoms with Crippen molar-refractivity contribution in [1.82, 2.24) is 16.0 Å². The van der Waals surface area contributed by atoms with Crippen LogP contribution in [0.1, 0.15) is 33.6 Å². The molecule has 0 saturated heterocycles. The van der Waals surface area contributed by atoms with E-state index in [1.54, 1.807) is 20.8 Å². The van der Waals surface area contributed by atoms with Gasteiger partial charge < -0.3 is 31.5 Å². The quantitative estimate of drug-likeness (QED) is 0.399. The van der Waals surface area contributed by atoms with E-state index in [0.717, 1.165) is 0 Å². The molecule has 3 amide bonds. The lowest BCUT2D eigenvalue weighted by atomic mass is 10.1. The molecule has 0 radical (unpaired) electrons. The lowest BCUT2D eigenvalue weighted by Crippen LogP contribution is -2.39. The average Bonchev–Trinajstić information content (AvgIpc) is 2.31. The first-order chi connectivity index (χ1) is 10.1. The number of ether oxygens (including phenoxy) is 1. The lowest BCUT2D eigenvalue weighted by Gasteiger charge is -2.19. The molecule has 0 saturated carbocycles. The Labute approximate surface area is 130 Å². The summed E-state index contributed by atoms with van der Waals surface area (Å²) in [5.41, 5.74) is 5.13. The number of hydrogen-bond donors (Lipinski definition) is 5. The summed E-state index contributed by atoms with van der Waals surface area (Å²) >= 11 is 0. The van der Waals surface area contributed by atoms with Gasteiger partial charge >= 0.3 is 12.2 Å². The van der Waals surface area contributed by atoms with Crippen LogP contribution in [0.3, 0.4) is 0 Å². The Kier molecular flexibility index (Phi) is 8.92. The number of carbonyl (C=O) groups excluding carboxylic acids is 2. The van der Waals surface area contributed by atoms with Gasteiger partial charge in [0.05, 0.1) is 0 Å². The monoisotopic (exact) mass is 318 g/mol. The molecule has 0 heterocycles. The van der Waals surface area contributed by atoms with Gasteiger partial charge in [0.1, 0.15) is 5.60 Å². The smallest absolute Gasteiger partial charge is 0.407 e. The molecule has 0 aliphatic heterocycles. The maximum atomic E-state index is 11.6. The van der Waals surface area contributed by atoms with E-state index in [4.69, 9.17) is 15.6 Å². The fourth-order valence-electron chi connectivity index (χ4n) is 1.46. The summed E-state index contributed by atoms with van der Waals surface area (Å²) in [6.45, 7) is 5.98. The van der Waals surface area contributed by atoms with E-state index in [0.29, 0.717) is 6.42 Å². The van der Waals surface area contributed by atoms with Crippen molar-refractivity contribution in [3.05, 3.63) is 0 Å². The second-order valence-corrected chi connectivity index (χ2v) is 5.76. The molecule has 0 aliphatic rings. The third kappa shape index (κ3) is 13.0. The van der Waals surface area contributed by atoms with Gasteiger partial charge in [-0.1, -0.05) is 0 Å². The van der Waals surface area contributed by atoms with Crippen molar-refractivity contribution in [1.29, 1.82) is 0 Å². The van der Waals surface area contributed by atoms with Crippen molar-refractivity contribution >= 4 is 18.1 Å².